The molecular weight excluding hydrogens is 254 g/mol. The van der Waals surface area contributed by atoms with Crippen LogP contribution in [0.1, 0.15) is 45.0 Å². The van der Waals surface area contributed by atoms with E-state index in [4.69, 9.17) is 10.9 Å². The van der Waals surface area contributed by atoms with Crippen LogP contribution in [0.3, 0.4) is 0 Å². The van der Waals surface area contributed by atoms with Gasteiger partial charge in [-0.05, 0) is 33.6 Å². The summed E-state index contributed by atoms with van der Waals surface area (Å²) in [4.78, 5) is 11.3. The number of aliphatic hydroxyl groups is 1. The van der Waals surface area contributed by atoms with Gasteiger partial charge in [0.15, 0.2) is 0 Å². The SMILES string of the molecule is CCCc1nc(NN)c(C)c(N(CCCO)C(C)C)n1. The smallest absolute Gasteiger partial charge is 0.148 e. The van der Waals surface area contributed by atoms with E-state index in [0.29, 0.717) is 11.9 Å². The van der Waals surface area contributed by atoms with Gasteiger partial charge in [-0.1, -0.05) is 6.92 Å². The van der Waals surface area contributed by atoms with Gasteiger partial charge in [0.2, 0.25) is 0 Å². The van der Waals surface area contributed by atoms with Crippen molar-refractivity contribution in [3.8, 4) is 0 Å². The number of hydrogen-bond donors (Lipinski definition) is 3. The van der Waals surface area contributed by atoms with E-state index < -0.39 is 0 Å². The molecule has 6 nitrogen and oxygen atoms in total. The molecule has 0 aromatic carbocycles. The van der Waals surface area contributed by atoms with Gasteiger partial charge in [0, 0.05) is 31.2 Å². The van der Waals surface area contributed by atoms with Crippen LogP contribution in [0.25, 0.3) is 0 Å². The summed E-state index contributed by atoms with van der Waals surface area (Å²) in [5.41, 5.74) is 3.60. The number of nitrogens with two attached hydrogens (primary N) is 1. The van der Waals surface area contributed by atoms with Crippen LogP contribution in [0.4, 0.5) is 11.6 Å². The fraction of sp³-hybridized carbons (Fsp3) is 0.714. The number of nitrogens with one attached hydrogen (secondary N) is 1. The number of aliphatic hydroxyl groups excluding tert-OH is 1. The van der Waals surface area contributed by atoms with Gasteiger partial charge < -0.3 is 15.4 Å². The van der Waals surface area contributed by atoms with Crippen LogP contribution in [-0.2, 0) is 6.42 Å². The van der Waals surface area contributed by atoms with Crippen molar-refractivity contribution in [3.05, 3.63) is 11.4 Å². The summed E-state index contributed by atoms with van der Waals surface area (Å²) in [6, 6.07) is 0.301. The van der Waals surface area contributed by atoms with Gasteiger partial charge in [0.1, 0.15) is 17.5 Å². The standard InChI is InChI=1S/C14H27N5O/c1-5-7-12-16-13(18-15)11(4)14(17-12)19(10(2)3)8-6-9-20/h10,20H,5-9,15H2,1-4H3,(H,16,17,18). The molecule has 6 heteroatoms. The first-order valence-corrected chi connectivity index (χ1v) is 7.26. The highest BCUT2D eigenvalue weighted by Gasteiger charge is 2.18. The Balaban J connectivity index is 3.20. The fourth-order valence-corrected chi connectivity index (χ4v) is 2.16. The average molecular weight is 281 g/mol. The van der Waals surface area contributed by atoms with E-state index in [0.717, 1.165) is 43.0 Å². The third-order valence-corrected chi connectivity index (χ3v) is 3.23. The minimum atomic E-state index is 0.178. The van der Waals surface area contributed by atoms with Gasteiger partial charge in [-0.3, -0.25) is 0 Å². The summed E-state index contributed by atoms with van der Waals surface area (Å²) >= 11 is 0. The molecule has 1 heterocycles. The summed E-state index contributed by atoms with van der Waals surface area (Å²) in [6.07, 6.45) is 2.54. The van der Waals surface area contributed by atoms with E-state index in [2.05, 4.69) is 41.1 Å². The van der Waals surface area contributed by atoms with Crippen LogP contribution >= 0.6 is 0 Å². The molecule has 1 aromatic heterocycles. The topological polar surface area (TPSA) is 87.3 Å². The molecule has 0 fully saturated rings. The van der Waals surface area contributed by atoms with Crippen LogP contribution in [0.5, 0.6) is 0 Å². The maximum atomic E-state index is 9.06. The second kappa shape index (κ2) is 8.01. The highest BCUT2D eigenvalue weighted by atomic mass is 16.3. The molecule has 0 atom stereocenters. The molecule has 0 spiro atoms. The van der Waals surface area contributed by atoms with Gasteiger partial charge in [0.05, 0.1) is 0 Å². The molecule has 1 rings (SSSR count). The van der Waals surface area contributed by atoms with Crippen molar-refractivity contribution in [3.63, 3.8) is 0 Å². The average Bonchev–Trinajstić information content (AvgIpc) is 2.42. The molecule has 0 bridgehead atoms. The van der Waals surface area contributed by atoms with Gasteiger partial charge in [0.25, 0.3) is 0 Å². The number of rotatable bonds is 8. The van der Waals surface area contributed by atoms with Crippen molar-refractivity contribution >= 4 is 11.6 Å². The van der Waals surface area contributed by atoms with Gasteiger partial charge in [-0.25, -0.2) is 15.8 Å². The van der Waals surface area contributed by atoms with Crippen LogP contribution in [0, 0.1) is 6.92 Å². The number of hydrazine groups is 1. The molecule has 0 saturated carbocycles. The Bertz CT molecular complexity index is 422. The largest absolute Gasteiger partial charge is 0.396 e. The normalized spacial score (nSPS) is 10.9. The minimum Gasteiger partial charge on any atom is -0.396 e. The summed E-state index contributed by atoms with van der Waals surface area (Å²) in [6.45, 7) is 9.25. The maximum Gasteiger partial charge on any atom is 0.148 e. The van der Waals surface area contributed by atoms with E-state index in [-0.39, 0.29) is 6.61 Å². The summed E-state index contributed by atoms with van der Waals surface area (Å²) in [5, 5.41) is 9.06. The molecule has 0 aliphatic carbocycles. The molecule has 0 amide bonds. The lowest BCUT2D eigenvalue weighted by Crippen LogP contribution is -2.34. The zero-order valence-corrected chi connectivity index (χ0v) is 13.0. The lowest BCUT2D eigenvalue weighted by molar-refractivity contribution is 0.288. The van der Waals surface area contributed by atoms with Gasteiger partial charge >= 0.3 is 0 Å². The lowest BCUT2D eigenvalue weighted by Gasteiger charge is -2.30. The zero-order valence-electron chi connectivity index (χ0n) is 13.0. The van der Waals surface area contributed by atoms with Crippen LogP contribution in [0.15, 0.2) is 0 Å². The number of nitrogen functional groups attached to an aromatic ring is 1. The Hall–Kier alpha value is -1.40. The van der Waals surface area contributed by atoms with E-state index in [1.165, 1.54) is 0 Å². The van der Waals surface area contributed by atoms with E-state index in [1.54, 1.807) is 0 Å². The summed E-state index contributed by atoms with van der Waals surface area (Å²) < 4.78 is 0. The van der Waals surface area contributed by atoms with Crippen molar-refractivity contribution in [1.29, 1.82) is 0 Å². The van der Waals surface area contributed by atoms with Gasteiger partial charge in [-0.15, -0.1) is 0 Å². The maximum absolute atomic E-state index is 9.06. The van der Waals surface area contributed by atoms with Crippen molar-refractivity contribution < 1.29 is 5.11 Å². The first-order chi connectivity index (χ1) is 9.54. The Morgan fingerprint density at radius 3 is 2.55 bits per heavy atom. The quantitative estimate of drug-likeness (QED) is 0.496. The molecule has 1 aromatic rings. The molecule has 0 aliphatic rings. The number of aryl methyl sites for hydroxylation is 1. The van der Waals surface area contributed by atoms with E-state index in [1.807, 2.05) is 6.92 Å². The van der Waals surface area contributed by atoms with Crippen molar-refractivity contribution in [1.82, 2.24) is 9.97 Å². The molecule has 0 aliphatic heterocycles. The predicted molar refractivity (Wildman–Crippen MR) is 82.8 cm³/mol. The molecule has 4 N–H and O–H groups in total. The fourth-order valence-electron chi connectivity index (χ4n) is 2.16. The Labute approximate surface area is 121 Å². The third-order valence-electron chi connectivity index (χ3n) is 3.23. The van der Waals surface area contributed by atoms with Gasteiger partial charge in [-0.2, -0.15) is 0 Å². The van der Waals surface area contributed by atoms with E-state index in [9.17, 15) is 0 Å². The molecule has 0 radical (unpaired) electrons. The third kappa shape index (κ3) is 4.05. The van der Waals surface area contributed by atoms with Crippen molar-refractivity contribution in [2.24, 2.45) is 5.84 Å². The Morgan fingerprint density at radius 2 is 2.05 bits per heavy atom. The second-order valence-corrected chi connectivity index (χ2v) is 5.20. The monoisotopic (exact) mass is 281 g/mol. The summed E-state index contributed by atoms with van der Waals surface area (Å²) in [7, 11) is 0. The molecule has 114 valence electrons. The highest BCUT2D eigenvalue weighted by molar-refractivity contribution is 5.58. The second-order valence-electron chi connectivity index (χ2n) is 5.20. The molecule has 0 saturated heterocycles. The number of aromatic nitrogens is 2. The minimum absolute atomic E-state index is 0.178. The molecular formula is C14H27N5O. The molecule has 0 unspecified atom stereocenters. The highest BCUT2D eigenvalue weighted by Crippen LogP contribution is 2.25. The van der Waals surface area contributed by atoms with Crippen LogP contribution in [0.2, 0.25) is 0 Å². The zero-order chi connectivity index (χ0) is 15.1. The summed E-state index contributed by atoms with van der Waals surface area (Å²) in [5.74, 6) is 7.94. The van der Waals surface area contributed by atoms with Crippen LogP contribution < -0.4 is 16.2 Å². The lowest BCUT2D eigenvalue weighted by atomic mass is 10.2. The first-order valence-electron chi connectivity index (χ1n) is 7.26. The van der Waals surface area contributed by atoms with Crippen molar-refractivity contribution in [2.75, 3.05) is 23.5 Å². The van der Waals surface area contributed by atoms with Crippen molar-refractivity contribution in [2.45, 2.75) is 53.0 Å². The van der Waals surface area contributed by atoms with E-state index >= 15 is 0 Å². The first kappa shape index (κ1) is 16.7. The number of nitrogens with zero attached hydrogens (tertiary/aromatic N) is 3. The Morgan fingerprint density at radius 1 is 1.35 bits per heavy atom. The Kier molecular flexibility index (Phi) is 6.67. The predicted octanol–water partition coefficient (Wildman–Crippen LogP) is 1.62. The molecule has 20 heavy (non-hydrogen) atoms. The number of hydrogen-bond acceptors (Lipinski definition) is 6. The van der Waals surface area contributed by atoms with Crippen LogP contribution in [-0.4, -0.2) is 34.3 Å². The number of anilines is 2.